The molecule has 2 rings (SSSR count). The average Bonchev–Trinajstić information content (AvgIpc) is 2.53. The highest BCUT2D eigenvalue weighted by Crippen LogP contribution is 2.19. The largest absolute Gasteiger partial charge is 0.218 e. The van der Waals surface area contributed by atoms with Crippen molar-refractivity contribution in [3.05, 3.63) is 82.8 Å². The molecule has 4 heteroatoms. The van der Waals surface area contributed by atoms with Gasteiger partial charge in [0.05, 0.1) is 4.90 Å². The summed E-state index contributed by atoms with van der Waals surface area (Å²) < 4.78 is 24.8. The lowest BCUT2D eigenvalue weighted by atomic mass is 10.2. The van der Waals surface area contributed by atoms with Gasteiger partial charge in [-0.25, -0.2) is 8.42 Å². The summed E-state index contributed by atoms with van der Waals surface area (Å²) in [5.41, 5.74) is 1.90. The number of hydrogen-bond acceptors (Lipinski definition) is 3. The van der Waals surface area contributed by atoms with Crippen molar-refractivity contribution in [2.45, 2.75) is 11.8 Å². The summed E-state index contributed by atoms with van der Waals surface area (Å²) in [5, 5.41) is 9.14. The van der Waals surface area contributed by atoms with Crippen molar-refractivity contribution in [2.75, 3.05) is 0 Å². The number of nitrogens with zero attached hydrogens (tertiary/aromatic N) is 1. The monoisotopic (exact) mass is 309 g/mol. The van der Waals surface area contributed by atoms with Gasteiger partial charge in [-0.3, -0.25) is 0 Å². The Kier molecular flexibility index (Phi) is 4.92. The molecule has 110 valence electrons. The van der Waals surface area contributed by atoms with Gasteiger partial charge in [-0.1, -0.05) is 60.2 Å². The standard InChI is InChI=1S/C18H15NO2S/c1-15-10-12-17(13-11-15)22(20,21)18(14-19)9-5-8-16-6-3-2-4-7-16/h2-13H,1H3/b8-5+,18-9+. The Hall–Kier alpha value is -2.64. The highest BCUT2D eigenvalue weighted by Gasteiger charge is 2.19. The van der Waals surface area contributed by atoms with Crippen LogP contribution in [0.1, 0.15) is 11.1 Å². The molecule has 3 nitrogen and oxygen atoms in total. The van der Waals surface area contributed by atoms with Crippen molar-refractivity contribution in [3.8, 4) is 6.07 Å². The van der Waals surface area contributed by atoms with Gasteiger partial charge in [0.15, 0.2) is 0 Å². The maximum Gasteiger partial charge on any atom is 0.216 e. The molecule has 0 N–H and O–H groups in total. The van der Waals surface area contributed by atoms with Crippen LogP contribution in [0.25, 0.3) is 6.08 Å². The number of allylic oxidation sites excluding steroid dienone is 3. The van der Waals surface area contributed by atoms with E-state index in [0.29, 0.717) is 0 Å². The van der Waals surface area contributed by atoms with Gasteiger partial charge < -0.3 is 0 Å². The van der Waals surface area contributed by atoms with Crippen LogP contribution in [0.15, 0.2) is 76.5 Å². The van der Waals surface area contributed by atoms with Crippen LogP contribution in [0, 0.1) is 18.3 Å². The maximum absolute atomic E-state index is 12.4. The first-order chi connectivity index (χ1) is 10.5. The fourth-order valence-corrected chi connectivity index (χ4v) is 2.97. The lowest BCUT2D eigenvalue weighted by Crippen LogP contribution is -2.03. The van der Waals surface area contributed by atoms with Gasteiger partial charge in [0, 0.05) is 0 Å². The predicted octanol–water partition coefficient (Wildman–Crippen LogP) is 3.89. The Morgan fingerprint density at radius 2 is 1.68 bits per heavy atom. The Morgan fingerprint density at radius 1 is 1.05 bits per heavy atom. The first kappa shape index (κ1) is 15.7. The normalized spacial score (nSPS) is 12.3. The van der Waals surface area contributed by atoms with Gasteiger partial charge in [-0.05, 0) is 30.7 Å². The highest BCUT2D eigenvalue weighted by molar-refractivity contribution is 7.95. The van der Waals surface area contributed by atoms with E-state index in [1.165, 1.54) is 18.2 Å². The van der Waals surface area contributed by atoms with E-state index < -0.39 is 9.84 Å². The quantitative estimate of drug-likeness (QED) is 0.636. The second-order valence-corrected chi connectivity index (χ2v) is 6.65. The van der Waals surface area contributed by atoms with Crippen LogP contribution >= 0.6 is 0 Å². The third kappa shape index (κ3) is 3.72. The van der Waals surface area contributed by atoms with E-state index >= 15 is 0 Å². The molecule has 0 atom stereocenters. The summed E-state index contributed by atoms with van der Waals surface area (Å²) in [4.78, 5) is -0.150. The van der Waals surface area contributed by atoms with E-state index in [1.807, 2.05) is 37.3 Å². The predicted molar refractivity (Wildman–Crippen MR) is 87.5 cm³/mol. The van der Waals surface area contributed by atoms with E-state index in [2.05, 4.69) is 0 Å². The molecule has 0 radical (unpaired) electrons. The average molecular weight is 309 g/mol. The molecule has 0 aliphatic rings. The van der Waals surface area contributed by atoms with Gasteiger partial charge in [-0.2, -0.15) is 5.26 Å². The SMILES string of the molecule is Cc1ccc(S(=O)(=O)/C(C#N)=C/C=C/c2ccccc2)cc1. The molecular formula is C18H15NO2S. The van der Waals surface area contributed by atoms with Crippen LogP contribution < -0.4 is 0 Å². The molecule has 0 aliphatic carbocycles. The number of hydrogen-bond donors (Lipinski definition) is 0. The van der Waals surface area contributed by atoms with Crippen molar-refractivity contribution in [1.82, 2.24) is 0 Å². The van der Waals surface area contributed by atoms with Crippen LogP contribution in [0.4, 0.5) is 0 Å². The molecule has 2 aromatic carbocycles. The highest BCUT2D eigenvalue weighted by atomic mass is 32.2. The molecule has 0 heterocycles. The summed E-state index contributed by atoms with van der Waals surface area (Å²) in [6.45, 7) is 1.88. The number of benzene rings is 2. The minimum Gasteiger partial charge on any atom is -0.218 e. The van der Waals surface area contributed by atoms with E-state index in [-0.39, 0.29) is 9.80 Å². The summed E-state index contributed by atoms with van der Waals surface area (Å²) in [6, 6.07) is 17.7. The summed E-state index contributed by atoms with van der Waals surface area (Å²) in [6.07, 6.45) is 4.64. The molecule has 0 aliphatic heterocycles. The van der Waals surface area contributed by atoms with Crippen molar-refractivity contribution < 1.29 is 8.42 Å². The van der Waals surface area contributed by atoms with Crippen molar-refractivity contribution >= 4 is 15.9 Å². The molecule has 22 heavy (non-hydrogen) atoms. The van der Waals surface area contributed by atoms with Crippen LogP contribution in [0.3, 0.4) is 0 Å². The van der Waals surface area contributed by atoms with Crippen LogP contribution in [-0.4, -0.2) is 8.42 Å². The zero-order chi connectivity index (χ0) is 16.0. The second-order valence-electron chi connectivity index (χ2n) is 4.73. The van der Waals surface area contributed by atoms with E-state index in [4.69, 9.17) is 5.26 Å². The maximum atomic E-state index is 12.4. The summed E-state index contributed by atoms with van der Waals surface area (Å²) in [7, 11) is -3.77. The Balaban J connectivity index is 2.31. The van der Waals surface area contributed by atoms with E-state index in [1.54, 1.807) is 30.4 Å². The third-order valence-electron chi connectivity index (χ3n) is 3.07. The lowest BCUT2D eigenvalue weighted by Gasteiger charge is -2.02. The summed E-state index contributed by atoms with van der Waals surface area (Å²) >= 11 is 0. The minimum absolute atomic E-state index is 0.124. The summed E-state index contributed by atoms with van der Waals surface area (Å²) in [5.74, 6) is 0. The van der Waals surface area contributed by atoms with Crippen LogP contribution in [-0.2, 0) is 9.84 Å². The number of sulfone groups is 1. The molecule has 0 saturated heterocycles. The van der Waals surface area contributed by atoms with Crippen molar-refractivity contribution in [1.29, 1.82) is 5.26 Å². The number of rotatable bonds is 4. The molecule has 0 fully saturated rings. The minimum atomic E-state index is -3.77. The molecule has 0 aromatic heterocycles. The van der Waals surface area contributed by atoms with Gasteiger partial charge in [0.25, 0.3) is 0 Å². The van der Waals surface area contributed by atoms with Gasteiger partial charge in [-0.15, -0.1) is 0 Å². The molecule has 2 aromatic rings. The molecule has 0 unspecified atom stereocenters. The van der Waals surface area contributed by atoms with Gasteiger partial charge >= 0.3 is 0 Å². The molecule has 0 bridgehead atoms. The molecule has 0 spiro atoms. The molecular weight excluding hydrogens is 294 g/mol. The van der Waals surface area contributed by atoms with Crippen molar-refractivity contribution in [3.63, 3.8) is 0 Å². The fourth-order valence-electron chi connectivity index (χ4n) is 1.84. The van der Waals surface area contributed by atoms with Crippen LogP contribution in [0.5, 0.6) is 0 Å². The Morgan fingerprint density at radius 3 is 2.27 bits per heavy atom. The second kappa shape index (κ2) is 6.88. The van der Waals surface area contributed by atoms with Crippen molar-refractivity contribution in [2.24, 2.45) is 0 Å². The molecule has 0 saturated carbocycles. The third-order valence-corrected chi connectivity index (χ3v) is 4.77. The first-order valence-corrected chi connectivity index (χ1v) is 8.17. The Bertz CT molecular complexity index is 840. The van der Waals surface area contributed by atoms with Gasteiger partial charge in [0.2, 0.25) is 9.84 Å². The van der Waals surface area contributed by atoms with E-state index in [9.17, 15) is 8.42 Å². The zero-order valence-corrected chi connectivity index (χ0v) is 12.9. The zero-order valence-electron chi connectivity index (χ0n) is 12.1. The topological polar surface area (TPSA) is 57.9 Å². The fraction of sp³-hybridized carbons (Fsp3) is 0.0556. The number of nitriles is 1. The van der Waals surface area contributed by atoms with E-state index in [0.717, 1.165) is 11.1 Å². The van der Waals surface area contributed by atoms with Crippen LogP contribution in [0.2, 0.25) is 0 Å². The lowest BCUT2D eigenvalue weighted by molar-refractivity contribution is 0.603. The number of aryl methyl sites for hydroxylation is 1. The first-order valence-electron chi connectivity index (χ1n) is 6.69. The Labute approximate surface area is 130 Å². The smallest absolute Gasteiger partial charge is 0.216 e. The molecule has 0 amide bonds. The van der Waals surface area contributed by atoms with Gasteiger partial charge in [0.1, 0.15) is 11.0 Å².